The van der Waals surface area contributed by atoms with Crippen LogP contribution in [0.4, 0.5) is 23.2 Å². The number of ether oxygens (including phenoxy) is 1. The second-order valence-corrected chi connectivity index (χ2v) is 10.2. The van der Waals surface area contributed by atoms with Gasteiger partial charge in [0, 0.05) is 49.7 Å². The number of pyridine rings is 1. The molecule has 4 aromatic rings. The number of ketones is 1. The van der Waals surface area contributed by atoms with E-state index in [0.717, 1.165) is 5.56 Å². The third-order valence-corrected chi connectivity index (χ3v) is 7.83. The van der Waals surface area contributed by atoms with Gasteiger partial charge >= 0.3 is 6.36 Å². The topological polar surface area (TPSA) is 80.6 Å². The van der Waals surface area contributed by atoms with E-state index in [1.54, 1.807) is 52.3 Å². The number of benzene rings is 2. The van der Waals surface area contributed by atoms with Crippen LogP contribution in [0.5, 0.6) is 5.75 Å². The fourth-order valence-corrected chi connectivity index (χ4v) is 5.80. The number of hydrogen-bond donors (Lipinski definition) is 0. The van der Waals surface area contributed by atoms with Crippen molar-refractivity contribution in [1.29, 1.82) is 0 Å². The Morgan fingerprint density at radius 2 is 1.52 bits per heavy atom. The van der Waals surface area contributed by atoms with E-state index >= 15 is 0 Å². The predicted octanol–water partition coefficient (Wildman–Crippen LogP) is 5.43. The SMILES string of the molecule is O=C(c1cc(-c2ccncc2)n(-c2ccc(F)cc2)n1)N1CCC2(CC1)C(=O)CCN2c1ccc(OC(F)(F)F)cc1. The molecule has 12 heteroatoms. The number of amides is 1. The molecule has 0 unspecified atom stereocenters. The number of hydrogen-bond acceptors (Lipinski definition) is 6. The number of rotatable bonds is 5. The number of anilines is 1. The molecule has 2 aliphatic heterocycles. The van der Waals surface area contributed by atoms with Gasteiger partial charge in [0.1, 0.15) is 17.1 Å². The Bertz CT molecular complexity index is 1600. The molecule has 42 heavy (non-hydrogen) atoms. The lowest BCUT2D eigenvalue weighted by molar-refractivity contribution is -0.274. The number of carbonyl (C=O) groups excluding carboxylic acids is 2. The third-order valence-electron chi connectivity index (χ3n) is 7.83. The minimum Gasteiger partial charge on any atom is -0.406 e. The first kappa shape index (κ1) is 27.4. The average Bonchev–Trinajstić information content (AvgIpc) is 3.56. The summed E-state index contributed by atoms with van der Waals surface area (Å²) in [7, 11) is 0. The first-order chi connectivity index (χ1) is 20.1. The fourth-order valence-electron chi connectivity index (χ4n) is 5.80. The molecule has 0 radical (unpaired) electrons. The number of carbonyl (C=O) groups is 2. The number of alkyl halides is 3. The summed E-state index contributed by atoms with van der Waals surface area (Å²) in [4.78, 5) is 34.4. The highest BCUT2D eigenvalue weighted by Crippen LogP contribution is 2.40. The maximum absolute atomic E-state index is 13.6. The van der Waals surface area contributed by atoms with E-state index in [0.29, 0.717) is 56.0 Å². The maximum atomic E-state index is 13.6. The van der Waals surface area contributed by atoms with Gasteiger partial charge in [0.15, 0.2) is 11.5 Å². The first-order valence-corrected chi connectivity index (χ1v) is 13.4. The van der Waals surface area contributed by atoms with Crippen LogP contribution in [0.25, 0.3) is 16.9 Å². The number of piperidine rings is 1. The molecule has 6 rings (SSSR count). The predicted molar refractivity (Wildman–Crippen MR) is 145 cm³/mol. The lowest BCUT2D eigenvalue weighted by Gasteiger charge is -2.44. The fraction of sp³-hybridized carbons (Fsp3) is 0.267. The summed E-state index contributed by atoms with van der Waals surface area (Å²) in [6.45, 7) is 1.03. The molecule has 0 bridgehead atoms. The molecular formula is C30H25F4N5O3. The van der Waals surface area contributed by atoms with E-state index in [4.69, 9.17) is 0 Å². The zero-order valence-electron chi connectivity index (χ0n) is 22.2. The first-order valence-electron chi connectivity index (χ1n) is 13.4. The highest BCUT2D eigenvalue weighted by atomic mass is 19.4. The van der Waals surface area contributed by atoms with Crippen LogP contribution in [0.15, 0.2) is 79.1 Å². The minimum atomic E-state index is -4.79. The summed E-state index contributed by atoms with van der Waals surface area (Å²) in [5, 5.41) is 4.57. The van der Waals surface area contributed by atoms with Gasteiger partial charge in [0.25, 0.3) is 5.91 Å². The van der Waals surface area contributed by atoms with Crippen molar-refractivity contribution in [2.45, 2.75) is 31.2 Å². The summed E-state index contributed by atoms with van der Waals surface area (Å²) < 4.78 is 56.9. The number of nitrogens with zero attached hydrogens (tertiary/aromatic N) is 5. The number of aromatic nitrogens is 3. The molecule has 8 nitrogen and oxygen atoms in total. The number of Topliss-reactive ketones (excluding diaryl/α,β-unsaturated/α-hetero) is 1. The van der Waals surface area contributed by atoms with Crippen molar-refractivity contribution in [3.05, 3.63) is 90.6 Å². The maximum Gasteiger partial charge on any atom is 0.573 e. The molecule has 1 spiro atoms. The highest BCUT2D eigenvalue weighted by Gasteiger charge is 2.50. The molecule has 2 saturated heterocycles. The lowest BCUT2D eigenvalue weighted by atomic mass is 9.83. The van der Waals surface area contributed by atoms with Gasteiger partial charge in [-0.2, -0.15) is 5.10 Å². The van der Waals surface area contributed by atoms with Crippen LogP contribution in [0.1, 0.15) is 29.8 Å². The molecular weight excluding hydrogens is 554 g/mol. The monoisotopic (exact) mass is 579 g/mol. The van der Waals surface area contributed by atoms with Gasteiger partial charge in [-0.25, -0.2) is 9.07 Å². The van der Waals surface area contributed by atoms with Gasteiger partial charge < -0.3 is 14.5 Å². The summed E-state index contributed by atoms with van der Waals surface area (Å²) in [6, 6.07) is 16.6. The molecule has 1 amide bonds. The van der Waals surface area contributed by atoms with Crippen LogP contribution < -0.4 is 9.64 Å². The van der Waals surface area contributed by atoms with Gasteiger partial charge in [-0.15, -0.1) is 13.2 Å². The molecule has 2 aromatic carbocycles. The van der Waals surface area contributed by atoms with E-state index in [9.17, 15) is 27.2 Å². The van der Waals surface area contributed by atoms with Crippen LogP contribution in [-0.4, -0.2) is 62.9 Å². The molecule has 216 valence electrons. The minimum absolute atomic E-state index is 0.0470. The van der Waals surface area contributed by atoms with Crippen LogP contribution >= 0.6 is 0 Å². The standard InChI is InChI=1S/C30H25F4N5O3/c31-21-1-3-23(4-2-21)39-26(20-9-14-35-15-10-20)19-25(36-39)28(41)37-17-12-29(13-18-37)27(40)11-16-38(29)22-5-7-24(8-6-22)42-30(32,33)34/h1-10,14-15,19H,11-13,16-18H2. The summed E-state index contributed by atoms with van der Waals surface area (Å²) in [5.74, 6) is -0.981. The van der Waals surface area contributed by atoms with E-state index < -0.39 is 17.7 Å². The van der Waals surface area contributed by atoms with Crippen molar-refractivity contribution < 1.29 is 31.9 Å². The molecule has 4 heterocycles. The Balaban J connectivity index is 1.22. The second-order valence-electron chi connectivity index (χ2n) is 10.2. The Labute approximate surface area is 238 Å². The quantitative estimate of drug-likeness (QED) is 0.294. The van der Waals surface area contributed by atoms with Crippen LogP contribution in [0, 0.1) is 5.82 Å². The average molecular weight is 580 g/mol. The third kappa shape index (κ3) is 5.19. The van der Waals surface area contributed by atoms with Crippen LogP contribution in [0.2, 0.25) is 0 Å². The molecule has 0 atom stereocenters. The molecule has 2 fully saturated rings. The van der Waals surface area contributed by atoms with Gasteiger partial charge in [0.2, 0.25) is 0 Å². The molecule has 0 N–H and O–H groups in total. The van der Waals surface area contributed by atoms with Crippen molar-refractivity contribution in [2.75, 3.05) is 24.5 Å². The van der Waals surface area contributed by atoms with Crippen LogP contribution in [-0.2, 0) is 4.79 Å². The lowest BCUT2D eigenvalue weighted by Crippen LogP contribution is -2.56. The Hall–Kier alpha value is -4.74. The molecule has 0 saturated carbocycles. The van der Waals surface area contributed by atoms with Gasteiger partial charge in [-0.3, -0.25) is 14.6 Å². The van der Waals surface area contributed by atoms with Crippen molar-refractivity contribution in [2.24, 2.45) is 0 Å². The highest BCUT2D eigenvalue weighted by molar-refractivity contribution is 5.97. The summed E-state index contributed by atoms with van der Waals surface area (Å²) >= 11 is 0. The second kappa shape index (κ2) is 10.6. The van der Waals surface area contributed by atoms with E-state index in [-0.39, 0.29) is 23.1 Å². The normalized spacial score (nSPS) is 16.7. The molecule has 0 aliphatic carbocycles. The Kier molecular flexibility index (Phi) is 6.91. The van der Waals surface area contributed by atoms with Gasteiger partial charge in [0.05, 0.1) is 11.4 Å². The zero-order chi connectivity index (χ0) is 29.5. The Morgan fingerprint density at radius 3 is 2.17 bits per heavy atom. The van der Waals surface area contributed by atoms with E-state index in [2.05, 4.69) is 14.8 Å². The number of likely N-dealkylation sites (tertiary alicyclic amines) is 1. The van der Waals surface area contributed by atoms with Crippen molar-refractivity contribution in [3.63, 3.8) is 0 Å². The van der Waals surface area contributed by atoms with Crippen LogP contribution in [0.3, 0.4) is 0 Å². The zero-order valence-corrected chi connectivity index (χ0v) is 22.2. The van der Waals surface area contributed by atoms with Gasteiger partial charge in [-0.1, -0.05) is 0 Å². The summed E-state index contributed by atoms with van der Waals surface area (Å²) in [6.07, 6.45) is -0.484. The molecule has 2 aliphatic rings. The molecule has 2 aromatic heterocycles. The largest absolute Gasteiger partial charge is 0.573 e. The smallest absolute Gasteiger partial charge is 0.406 e. The number of halogens is 4. The van der Waals surface area contributed by atoms with E-state index in [1.807, 2.05) is 4.90 Å². The Morgan fingerprint density at radius 1 is 0.881 bits per heavy atom. The van der Waals surface area contributed by atoms with Crippen molar-refractivity contribution >= 4 is 17.4 Å². The van der Waals surface area contributed by atoms with Crippen molar-refractivity contribution in [1.82, 2.24) is 19.7 Å². The summed E-state index contributed by atoms with van der Waals surface area (Å²) in [5.41, 5.74) is 1.97. The van der Waals surface area contributed by atoms with Crippen molar-refractivity contribution in [3.8, 4) is 22.7 Å². The van der Waals surface area contributed by atoms with E-state index in [1.165, 1.54) is 36.4 Å². The van der Waals surface area contributed by atoms with Gasteiger partial charge in [-0.05, 0) is 79.6 Å².